The van der Waals surface area contributed by atoms with Crippen molar-refractivity contribution in [3.05, 3.63) is 24.7 Å². The quantitative estimate of drug-likeness (QED) is 0.582. The number of carbonyl (C=O) groups is 1. The topological polar surface area (TPSA) is 68.0 Å². The molecule has 0 spiro atoms. The fraction of sp³-hybridized carbons (Fsp3) is 0.767. The molecule has 0 bridgehead atoms. The molecular formula is C30H43N3O2. The number of nitrogens with zero attached hydrogens (tertiary/aromatic N) is 3. The Balaban J connectivity index is 1.27. The van der Waals surface area contributed by atoms with Gasteiger partial charge in [-0.25, -0.2) is 0 Å². The molecule has 0 saturated heterocycles. The summed E-state index contributed by atoms with van der Waals surface area (Å²) in [5, 5.41) is 16.4. The first-order valence-corrected chi connectivity index (χ1v) is 14.2. The van der Waals surface area contributed by atoms with Gasteiger partial charge in [0.1, 0.15) is 6.54 Å². The maximum absolute atomic E-state index is 14.0. The summed E-state index contributed by atoms with van der Waals surface area (Å²) < 4.78 is 1.87. The molecule has 0 aromatic carbocycles. The van der Waals surface area contributed by atoms with Gasteiger partial charge in [-0.15, -0.1) is 0 Å². The average Bonchev–Trinajstić information content (AvgIpc) is 3.37. The van der Waals surface area contributed by atoms with E-state index in [4.69, 9.17) is 0 Å². The van der Waals surface area contributed by atoms with E-state index < -0.39 is 5.60 Å². The third-order valence-corrected chi connectivity index (χ3v) is 11.8. The molecule has 0 aliphatic heterocycles. The van der Waals surface area contributed by atoms with Crippen molar-refractivity contribution in [2.24, 2.45) is 46.3 Å². The second kappa shape index (κ2) is 8.13. The highest BCUT2D eigenvalue weighted by molar-refractivity contribution is 5.85. The zero-order valence-corrected chi connectivity index (χ0v) is 22.0. The van der Waals surface area contributed by atoms with Crippen LogP contribution in [0.1, 0.15) is 85.5 Å². The summed E-state index contributed by atoms with van der Waals surface area (Å²) in [7, 11) is 0. The van der Waals surface area contributed by atoms with Crippen molar-refractivity contribution < 1.29 is 9.90 Å². The Morgan fingerprint density at radius 3 is 2.71 bits per heavy atom. The first-order chi connectivity index (χ1) is 16.7. The largest absolute Gasteiger partial charge is 0.390 e. The number of ketones is 1. The molecular weight excluding hydrogens is 434 g/mol. The number of carbonyl (C=O) groups excluding carboxylic acids is 1. The lowest BCUT2D eigenvalue weighted by molar-refractivity contribution is -0.151. The van der Waals surface area contributed by atoms with Crippen molar-refractivity contribution in [2.75, 3.05) is 0 Å². The van der Waals surface area contributed by atoms with Gasteiger partial charge in [0.25, 0.3) is 0 Å². The van der Waals surface area contributed by atoms with E-state index in [1.54, 1.807) is 6.20 Å². The minimum absolute atomic E-state index is 0.101. The third-order valence-electron chi connectivity index (χ3n) is 11.8. The molecule has 35 heavy (non-hydrogen) atoms. The smallest absolute Gasteiger partial charge is 0.158 e. The van der Waals surface area contributed by atoms with Crippen LogP contribution in [-0.4, -0.2) is 31.3 Å². The van der Waals surface area contributed by atoms with E-state index in [-0.39, 0.29) is 11.3 Å². The highest BCUT2D eigenvalue weighted by Gasteiger charge is 2.63. The molecule has 1 unspecified atom stereocenters. The van der Waals surface area contributed by atoms with Gasteiger partial charge in [-0.3, -0.25) is 14.5 Å². The van der Waals surface area contributed by atoms with Crippen molar-refractivity contribution in [1.29, 1.82) is 0 Å². The Hall–Kier alpha value is -1.75. The highest BCUT2D eigenvalue weighted by Crippen LogP contribution is 2.69. The van der Waals surface area contributed by atoms with Crippen molar-refractivity contribution in [2.45, 2.75) is 97.6 Å². The predicted octanol–water partition coefficient (Wildman–Crippen LogP) is 6.05. The highest BCUT2D eigenvalue weighted by atomic mass is 16.3. The fourth-order valence-corrected chi connectivity index (χ4v) is 9.93. The first kappa shape index (κ1) is 23.6. The van der Waals surface area contributed by atoms with Crippen LogP contribution >= 0.6 is 0 Å². The molecule has 0 radical (unpaired) electrons. The second-order valence-corrected chi connectivity index (χ2v) is 13.5. The maximum atomic E-state index is 14.0. The number of rotatable bonds is 4. The van der Waals surface area contributed by atoms with Crippen LogP contribution in [0, 0.1) is 46.3 Å². The van der Waals surface area contributed by atoms with Gasteiger partial charge in [0.05, 0.1) is 23.5 Å². The van der Waals surface area contributed by atoms with E-state index in [1.807, 2.05) is 23.1 Å². The van der Waals surface area contributed by atoms with Gasteiger partial charge in [0, 0.05) is 17.5 Å². The van der Waals surface area contributed by atoms with E-state index in [0.717, 1.165) is 48.4 Å². The second-order valence-electron chi connectivity index (χ2n) is 13.5. The normalized spacial score (nSPS) is 45.1. The van der Waals surface area contributed by atoms with Crippen molar-refractivity contribution >= 4 is 16.7 Å². The molecule has 5 heteroatoms. The van der Waals surface area contributed by atoms with Gasteiger partial charge >= 0.3 is 0 Å². The van der Waals surface area contributed by atoms with Crippen LogP contribution in [-0.2, 0) is 11.3 Å². The summed E-state index contributed by atoms with van der Waals surface area (Å²) in [4.78, 5) is 18.3. The van der Waals surface area contributed by atoms with Gasteiger partial charge in [0.15, 0.2) is 5.78 Å². The van der Waals surface area contributed by atoms with E-state index in [9.17, 15) is 9.90 Å². The Kier molecular flexibility index (Phi) is 5.49. The maximum Gasteiger partial charge on any atom is 0.158 e. The molecule has 2 heterocycles. The molecule has 4 aliphatic carbocycles. The van der Waals surface area contributed by atoms with Crippen LogP contribution in [0.2, 0.25) is 0 Å². The summed E-state index contributed by atoms with van der Waals surface area (Å²) >= 11 is 0. The lowest BCUT2D eigenvalue weighted by Gasteiger charge is -2.61. The van der Waals surface area contributed by atoms with Crippen LogP contribution in [0.4, 0.5) is 0 Å². The number of fused-ring (bicyclic) bond motifs is 6. The number of hydrogen-bond acceptors (Lipinski definition) is 4. The molecule has 1 N–H and O–H groups in total. The number of aliphatic hydroxyl groups is 1. The minimum Gasteiger partial charge on any atom is -0.390 e. The van der Waals surface area contributed by atoms with Crippen LogP contribution in [0.5, 0.6) is 0 Å². The molecule has 4 aliphatic rings. The molecule has 4 fully saturated rings. The average molecular weight is 478 g/mol. The van der Waals surface area contributed by atoms with Crippen molar-refractivity contribution in [3.8, 4) is 0 Å². The van der Waals surface area contributed by atoms with Gasteiger partial charge in [-0.05, 0) is 105 Å². The lowest BCUT2D eigenvalue weighted by Crippen LogP contribution is -2.55. The number of Topliss-reactive ketones (excluding diaryl/α,β-unsaturated/α-hetero) is 1. The SMILES string of the molecule is CC[C@@H]1C[C@H]2C3CC[C@H]4C[C@](C)(O)CC[C@]4(C)[C@H]3CC[C@]2(C)[C@H]1C(=O)Cn1ncc2ccncc21. The summed E-state index contributed by atoms with van der Waals surface area (Å²) in [5.41, 5.74) is 0.933. The predicted molar refractivity (Wildman–Crippen MR) is 138 cm³/mol. The van der Waals surface area contributed by atoms with E-state index in [2.05, 4.69) is 37.8 Å². The summed E-state index contributed by atoms with van der Waals surface area (Å²) in [5.74, 6) is 3.78. The molecule has 4 saturated carbocycles. The molecule has 2 aromatic heterocycles. The molecule has 9 atom stereocenters. The van der Waals surface area contributed by atoms with Gasteiger partial charge in [0.2, 0.25) is 0 Å². The summed E-state index contributed by atoms with van der Waals surface area (Å²) in [6.07, 6.45) is 15.8. The van der Waals surface area contributed by atoms with E-state index in [0.29, 0.717) is 35.5 Å². The lowest BCUT2D eigenvalue weighted by atomic mass is 9.44. The fourth-order valence-electron chi connectivity index (χ4n) is 9.93. The molecule has 6 rings (SSSR count). The molecule has 0 amide bonds. The van der Waals surface area contributed by atoms with Gasteiger partial charge in [-0.2, -0.15) is 5.10 Å². The third kappa shape index (κ3) is 3.54. The number of aromatic nitrogens is 3. The van der Waals surface area contributed by atoms with Crippen molar-refractivity contribution in [1.82, 2.24) is 14.8 Å². The zero-order valence-electron chi connectivity index (χ0n) is 22.0. The van der Waals surface area contributed by atoms with Crippen LogP contribution in [0.3, 0.4) is 0 Å². The molecule has 2 aromatic rings. The van der Waals surface area contributed by atoms with E-state index in [1.165, 1.54) is 32.1 Å². The number of hydrogen-bond donors (Lipinski definition) is 1. The Bertz CT molecular complexity index is 1120. The van der Waals surface area contributed by atoms with Gasteiger partial charge < -0.3 is 5.11 Å². The minimum atomic E-state index is -0.482. The molecule has 5 nitrogen and oxygen atoms in total. The zero-order chi connectivity index (χ0) is 24.6. The Morgan fingerprint density at radius 2 is 1.91 bits per heavy atom. The van der Waals surface area contributed by atoms with Crippen LogP contribution in [0.15, 0.2) is 24.7 Å². The van der Waals surface area contributed by atoms with Gasteiger partial charge in [-0.1, -0.05) is 27.2 Å². The monoisotopic (exact) mass is 477 g/mol. The van der Waals surface area contributed by atoms with Crippen molar-refractivity contribution in [3.63, 3.8) is 0 Å². The summed E-state index contributed by atoms with van der Waals surface area (Å²) in [6.45, 7) is 9.72. The number of pyridine rings is 1. The standard InChI is InChI=1S/C30H43N3O2/c1-5-19-14-24-22-7-6-21-15-28(2,35)11-12-29(21,3)23(22)8-10-30(24,4)27(19)26(34)18-33-25-17-31-13-9-20(25)16-32-33/h9,13,16-17,19,21-24,27,35H,5-8,10-12,14-15,18H2,1-4H3/t19-,21+,22?,23+,24+,27-,28-,29+,30+/m1/s1. The Labute approximate surface area is 210 Å². The van der Waals surface area contributed by atoms with Crippen LogP contribution in [0.25, 0.3) is 10.9 Å². The first-order valence-electron chi connectivity index (χ1n) is 14.2. The molecule has 190 valence electrons. The summed E-state index contributed by atoms with van der Waals surface area (Å²) in [6, 6.07) is 1.97. The van der Waals surface area contributed by atoms with E-state index >= 15 is 0 Å². The van der Waals surface area contributed by atoms with Crippen LogP contribution < -0.4 is 0 Å². The Morgan fingerprint density at radius 1 is 1.09 bits per heavy atom.